The smallest absolute Gasteiger partial charge is 0.228 e. The Bertz CT molecular complexity index is 462. The summed E-state index contributed by atoms with van der Waals surface area (Å²) in [5.41, 5.74) is 6.55. The van der Waals surface area contributed by atoms with E-state index in [1.54, 1.807) is 18.2 Å². The van der Waals surface area contributed by atoms with Crippen LogP contribution in [0.1, 0.15) is 18.9 Å². The van der Waals surface area contributed by atoms with Crippen molar-refractivity contribution in [2.45, 2.75) is 13.3 Å². The van der Waals surface area contributed by atoms with Crippen LogP contribution in [0.15, 0.2) is 18.2 Å². The van der Waals surface area contributed by atoms with Crippen molar-refractivity contribution < 1.29 is 9.53 Å². The molecule has 18 heavy (non-hydrogen) atoms. The number of anilines is 1. The molecule has 0 aliphatic rings. The van der Waals surface area contributed by atoms with Gasteiger partial charge in [0, 0.05) is 12.6 Å². The maximum Gasteiger partial charge on any atom is 0.228 e. The van der Waals surface area contributed by atoms with Gasteiger partial charge < -0.3 is 15.8 Å². The van der Waals surface area contributed by atoms with Crippen LogP contribution in [-0.2, 0) is 4.79 Å². The zero-order valence-corrected chi connectivity index (χ0v) is 10.6. The van der Waals surface area contributed by atoms with E-state index in [0.29, 0.717) is 30.0 Å². The number of hydrogen-bond acceptors (Lipinski definition) is 4. The Kier molecular flexibility index (Phi) is 5.15. The van der Waals surface area contributed by atoms with Gasteiger partial charge in [0.2, 0.25) is 5.91 Å². The lowest BCUT2D eigenvalue weighted by atomic mass is 10.1. The van der Waals surface area contributed by atoms with Gasteiger partial charge in [-0.2, -0.15) is 5.26 Å². The van der Waals surface area contributed by atoms with Crippen molar-refractivity contribution >= 4 is 11.6 Å². The summed E-state index contributed by atoms with van der Waals surface area (Å²) in [6, 6.07) is 6.87. The second kappa shape index (κ2) is 6.62. The highest BCUT2D eigenvalue weighted by Gasteiger charge is 2.16. The fraction of sp³-hybridized carbons (Fsp3) is 0.385. The molecular weight excluding hydrogens is 230 g/mol. The van der Waals surface area contributed by atoms with Crippen LogP contribution >= 0.6 is 0 Å². The summed E-state index contributed by atoms with van der Waals surface area (Å²) in [6.07, 6.45) is 0.681. The molecule has 1 rings (SSSR count). The topological polar surface area (TPSA) is 88.1 Å². The normalized spacial score (nSPS) is 11.4. The van der Waals surface area contributed by atoms with Crippen molar-refractivity contribution in [1.29, 1.82) is 5.26 Å². The summed E-state index contributed by atoms with van der Waals surface area (Å²) in [4.78, 5) is 11.9. The third kappa shape index (κ3) is 3.22. The molecule has 0 aliphatic carbocycles. The van der Waals surface area contributed by atoms with E-state index < -0.39 is 0 Å². The molecule has 1 atom stereocenters. The lowest BCUT2D eigenvalue weighted by Crippen LogP contribution is -2.28. The molecule has 1 unspecified atom stereocenters. The number of hydrogen-bond donors (Lipinski definition) is 2. The molecule has 0 radical (unpaired) electrons. The zero-order chi connectivity index (χ0) is 13.5. The molecule has 3 N–H and O–H groups in total. The molecule has 1 aromatic carbocycles. The first-order valence-corrected chi connectivity index (χ1v) is 5.75. The highest BCUT2D eigenvalue weighted by molar-refractivity contribution is 5.94. The van der Waals surface area contributed by atoms with E-state index >= 15 is 0 Å². The van der Waals surface area contributed by atoms with E-state index in [1.165, 1.54) is 7.11 Å². The van der Waals surface area contributed by atoms with Crippen LogP contribution in [-0.4, -0.2) is 19.6 Å². The van der Waals surface area contributed by atoms with E-state index in [0.717, 1.165) is 0 Å². The Hall–Kier alpha value is -2.06. The monoisotopic (exact) mass is 247 g/mol. The standard InChI is InChI=1S/C13H17N3O2/c1-3-10(8-15)13(17)16-11-5-4-9(7-14)6-12(11)18-2/h4-6,10H,3,8,15H2,1-2H3,(H,16,17). The number of nitrogens with one attached hydrogen (secondary N) is 1. The molecule has 5 nitrogen and oxygen atoms in total. The van der Waals surface area contributed by atoms with Crippen molar-refractivity contribution in [2.24, 2.45) is 11.7 Å². The molecule has 1 aromatic rings. The number of amides is 1. The van der Waals surface area contributed by atoms with Gasteiger partial charge in [-0.3, -0.25) is 4.79 Å². The zero-order valence-electron chi connectivity index (χ0n) is 10.6. The molecule has 0 saturated heterocycles. The second-order valence-corrected chi connectivity index (χ2v) is 3.86. The van der Waals surface area contributed by atoms with Crippen LogP contribution in [0.4, 0.5) is 5.69 Å². The van der Waals surface area contributed by atoms with Gasteiger partial charge in [0.1, 0.15) is 5.75 Å². The molecule has 5 heteroatoms. The number of carbonyl (C=O) groups excluding carboxylic acids is 1. The maximum absolute atomic E-state index is 11.9. The molecule has 96 valence electrons. The van der Waals surface area contributed by atoms with Gasteiger partial charge >= 0.3 is 0 Å². The number of carbonyl (C=O) groups is 1. The molecule has 0 fully saturated rings. The fourth-order valence-electron chi connectivity index (χ4n) is 1.56. The Morgan fingerprint density at radius 3 is 2.83 bits per heavy atom. The van der Waals surface area contributed by atoms with Crippen LogP contribution in [0.25, 0.3) is 0 Å². The third-order valence-corrected chi connectivity index (χ3v) is 2.74. The number of ether oxygens (including phenoxy) is 1. The predicted octanol–water partition coefficient (Wildman–Crippen LogP) is 1.49. The number of nitriles is 1. The van der Waals surface area contributed by atoms with Gasteiger partial charge in [-0.1, -0.05) is 6.92 Å². The first-order chi connectivity index (χ1) is 8.65. The van der Waals surface area contributed by atoms with Gasteiger partial charge in [0.25, 0.3) is 0 Å². The quantitative estimate of drug-likeness (QED) is 0.825. The summed E-state index contributed by atoms with van der Waals surface area (Å²) in [5.74, 6) is 0.114. The van der Waals surface area contributed by atoms with Crippen molar-refractivity contribution in [3.8, 4) is 11.8 Å². The summed E-state index contributed by atoms with van der Waals surface area (Å²) in [6.45, 7) is 2.22. The Morgan fingerprint density at radius 2 is 2.33 bits per heavy atom. The van der Waals surface area contributed by atoms with Gasteiger partial charge in [0.15, 0.2) is 0 Å². The lowest BCUT2D eigenvalue weighted by molar-refractivity contribution is -0.119. The summed E-state index contributed by atoms with van der Waals surface area (Å²) in [5, 5.41) is 11.5. The number of benzene rings is 1. The highest BCUT2D eigenvalue weighted by Crippen LogP contribution is 2.25. The number of methoxy groups -OCH3 is 1. The minimum absolute atomic E-state index is 0.136. The van der Waals surface area contributed by atoms with Gasteiger partial charge in [-0.05, 0) is 18.6 Å². The van der Waals surface area contributed by atoms with E-state index in [1.807, 2.05) is 13.0 Å². The molecule has 0 saturated carbocycles. The van der Waals surface area contributed by atoms with Crippen LogP contribution in [0.2, 0.25) is 0 Å². The molecule has 0 bridgehead atoms. The average Bonchev–Trinajstić information content (AvgIpc) is 2.40. The summed E-state index contributed by atoms with van der Waals surface area (Å²) < 4.78 is 5.14. The van der Waals surface area contributed by atoms with Crippen LogP contribution in [0.3, 0.4) is 0 Å². The van der Waals surface area contributed by atoms with E-state index in [-0.39, 0.29) is 11.8 Å². The molecule has 1 amide bonds. The molecule has 0 heterocycles. The minimum Gasteiger partial charge on any atom is -0.495 e. The summed E-state index contributed by atoms with van der Waals surface area (Å²) >= 11 is 0. The largest absolute Gasteiger partial charge is 0.495 e. The first-order valence-electron chi connectivity index (χ1n) is 5.75. The first kappa shape index (κ1) is 14.0. The van der Waals surface area contributed by atoms with Gasteiger partial charge in [0.05, 0.1) is 30.3 Å². The summed E-state index contributed by atoms with van der Waals surface area (Å²) in [7, 11) is 1.49. The van der Waals surface area contributed by atoms with E-state index in [9.17, 15) is 4.79 Å². The minimum atomic E-state index is -0.217. The van der Waals surface area contributed by atoms with E-state index in [2.05, 4.69) is 5.32 Å². The Labute approximate surface area is 107 Å². The predicted molar refractivity (Wildman–Crippen MR) is 69.2 cm³/mol. The van der Waals surface area contributed by atoms with Gasteiger partial charge in [-0.15, -0.1) is 0 Å². The van der Waals surface area contributed by atoms with Crippen LogP contribution in [0, 0.1) is 17.2 Å². The number of nitrogens with two attached hydrogens (primary N) is 1. The van der Waals surface area contributed by atoms with Crippen molar-refractivity contribution in [3.05, 3.63) is 23.8 Å². The van der Waals surface area contributed by atoms with E-state index in [4.69, 9.17) is 15.7 Å². The maximum atomic E-state index is 11.9. The molecular formula is C13H17N3O2. The van der Waals surface area contributed by atoms with Crippen LogP contribution in [0.5, 0.6) is 5.75 Å². The van der Waals surface area contributed by atoms with Crippen LogP contribution < -0.4 is 15.8 Å². The number of rotatable bonds is 5. The average molecular weight is 247 g/mol. The Morgan fingerprint density at radius 1 is 1.61 bits per heavy atom. The second-order valence-electron chi connectivity index (χ2n) is 3.86. The lowest BCUT2D eigenvalue weighted by Gasteiger charge is -2.14. The fourth-order valence-corrected chi connectivity index (χ4v) is 1.56. The highest BCUT2D eigenvalue weighted by atomic mass is 16.5. The molecule has 0 spiro atoms. The van der Waals surface area contributed by atoms with Crippen molar-refractivity contribution in [1.82, 2.24) is 0 Å². The van der Waals surface area contributed by atoms with Crippen molar-refractivity contribution in [3.63, 3.8) is 0 Å². The Balaban J connectivity index is 2.91. The molecule has 0 aliphatic heterocycles. The molecule has 0 aromatic heterocycles. The van der Waals surface area contributed by atoms with Gasteiger partial charge in [-0.25, -0.2) is 0 Å². The number of nitrogens with zero attached hydrogens (tertiary/aromatic N) is 1. The van der Waals surface area contributed by atoms with Crippen molar-refractivity contribution in [2.75, 3.05) is 19.0 Å². The SMILES string of the molecule is CCC(CN)C(=O)Nc1ccc(C#N)cc1OC. The third-order valence-electron chi connectivity index (χ3n) is 2.74.